The van der Waals surface area contributed by atoms with Crippen LogP contribution in [-0.4, -0.2) is 39.2 Å². The lowest BCUT2D eigenvalue weighted by molar-refractivity contribution is -0.134. The van der Waals surface area contributed by atoms with E-state index in [1.54, 1.807) is 50.4 Å². The van der Waals surface area contributed by atoms with Gasteiger partial charge in [0, 0.05) is 12.0 Å². The maximum atomic E-state index is 12.3. The number of methoxy groups -OCH3 is 3. The number of benzene rings is 2. The minimum Gasteiger partial charge on any atom is -0.497 e. The molecule has 3 rings (SSSR count). The van der Waals surface area contributed by atoms with E-state index in [-0.39, 0.29) is 35.3 Å². The standard InChI is InChI=1S/C22H21NO7/c1-5-19(24)29-20-17(27-3)10-13(11-18(20)28-4)9-16-22(25)30-21(23-16)14-7-6-8-15(12-14)26-2/h6-12H,5H2,1-4H3/b16-9+. The summed E-state index contributed by atoms with van der Waals surface area (Å²) in [6.07, 6.45) is 1.73. The van der Waals surface area contributed by atoms with E-state index in [4.69, 9.17) is 23.7 Å². The highest BCUT2D eigenvalue weighted by Crippen LogP contribution is 2.39. The van der Waals surface area contributed by atoms with Crippen molar-refractivity contribution in [1.82, 2.24) is 0 Å². The Bertz CT molecular complexity index is 1010. The van der Waals surface area contributed by atoms with Crippen LogP contribution in [0.2, 0.25) is 0 Å². The molecule has 0 aliphatic carbocycles. The van der Waals surface area contributed by atoms with Crippen molar-refractivity contribution >= 4 is 23.9 Å². The minimum atomic E-state index is -0.591. The van der Waals surface area contributed by atoms with Gasteiger partial charge in [0.05, 0.1) is 21.3 Å². The van der Waals surface area contributed by atoms with Crippen LogP contribution in [0.4, 0.5) is 0 Å². The van der Waals surface area contributed by atoms with Crippen LogP contribution in [0.5, 0.6) is 23.0 Å². The Morgan fingerprint density at radius 2 is 1.77 bits per heavy atom. The Morgan fingerprint density at radius 3 is 2.37 bits per heavy atom. The lowest BCUT2D eigenvalue weighted by Crippen LogP contribution is -2.08. The van der Waals surface area contributed by atoms with Crippen LogP contribution < -0.4 is 18.9 Å². The molecule has 0 saturated carbocycles. The molecule has 0 N–H and O–H groups in total. The molecule has 8 heteroatoms. The quantitative estimate of drug-likeness (QED) is 0.392. The average molecular weight is 411 g/mol. The molecule has 0 radical (unpaired) electrons. The maximum absolute atomic E-state index is 12.3. The Morgan fingerprint density at radius 1 is 1.07 bits per heavy atom. The van der Waals surface area contributed by atoms with Gasteiger partial charge in [0.2, 0.25) is 11.6 Å². The Balaban J connectivity index is 1.98. The first-order chi connectivity index (χ1) is 14.5. The molecular formula is C22H21NO7. The van der Waals surface area contributed by atoms with Gasteiger partial charge < -0.3 is 23.7 Å². The normalized spacial score (nSPS) is 14.2. The van der Waals surface area contributed by atoms with E-state index >= 15 is 0 Å². The van der Waals surface area contributed by atoms with Gasteiger partial charge in [-0.15, -0.1) is 0 Å². The molecular weight excluding hydrogens is 390 g/mol. The van der Waals surface area contributed by atoms with Gasteiger partial charge in [0.15, 0.2) is 17.2 Å². The lowest BCUT2D eigenvalue weighted by atomic mass is 10.1. The predicted molar refractivity (Wildman–Crippen MR) is 109 cm³/mol. The number of esters is 2. The smallest absolute Gasteiger partial charge is 0.363 e. The molecule has 0 bridgehead atoms. The van der Waals surface area contributed by atoms with E-state index in [0.29, 0.717) is 16.9 Å². The first kappa shape index (κ1) is 20.9. The van der Waals surface area contributed by atoms with Crippen molar-refractivity contribution in [3.63, 3.8) is 0 Å². The molecule has 8 nitrogen and oxygen atoms in total. The first-order valence-corrected chi connectivity index (χ1v) is 9.12. The predicted octanol–water partition coefficient (Wildman–Crippen LogP) is 3.37. The van der Waals surface area contributed by atoms with E-state index in [1.165, 1.54) is 20.3 Å². The fourth-order valence-corrected chi connectivity index (χ4v) is 2.72. The Kier molecular flexibility index (Phi) is 6.36. The van der Waals surface area contributed by atoms with Gasteiger partial charge in [-0.3, -0.25) is 4.79 Å². The molecule has 0 saturated heterocycles. The third kappa shape index (κ3) is 4.43. The minimum absolute atomic E-state index is 0.107. The van der Waals surface area contributed by atoms with Crippen LogP contribution in [0.15, 0.2) is 47.1 Å². The van der Waals surface area contributed by atoms with Crippen molar-refractivity contribution in [3.8, 4) is 23.0 Å². The molecule has 0 spiro atoms. The van der Waals surface area contributed by atoms with E-state index in [9.17, 15) is 9.59 Å². The topological polar surface area (TPSA) is 92.7 Å². The van der Waals surface area contributed by atoms with Crippen LogP contribution in [-0.2, 0) is 14.3 Å². The molecule has 0 unspecified atom stereocenters. The van der Waals surface area contributed by atoms with Gasteiger partial charge in [-0.1, -0.05) is 13.0 Å². The number of hydrogen-bond donors (Lipinski definition) is 0. The average Bonchev–Trinajstić information content (AvgIpc) is 3.14. The summed E-state index contributed by atoms with van der Waals surface area (Å²) in [5.74, 6) is 0.520. The molecule has 2 aromatic rings. The van der Waals surface area contributed by atoms with Crippen molar-refractivity contribution in [2.75, 3.05) is 21.3 Å². The van der Waals surface area contributed by atoms with Crippen molar-refractivity contribution < 1.29 is 33.3 Å². The summed E-state index contributed by atoms with van der Waals surface area (Å²) >= 11 is 0. The summed E-state index contributed by atoms with van der Waals surface area (Å²) < 4.78 is 26.4. The monoisotopic (exact) mass is 411 g/mol. The zero-order chi connectivity index (χ0) is 21.7. The number of cyclic esters (lactones) is 1. The number of ether oxygens (including phenoxy) is 5. The van der Waals surface area contributed by atoms with Crippen LogP contribution in [0.25, 0.3) is 6.08 Å². The summed E-state index contributed by atoms with van der Waals surface area (Å²) in [4.78, 5) is 28.3. The van der Waals surface area contributed by atoms with E-state index < -0.39 is 11.9 Å². The molecule has 0 aromatic heterocycles. The van der Waals surface area contributed by atoms with Crippen LogP contribution in [0, 0.1) is 0 Å². The zero-order valence-electron chi connectivity index (χ0n) is 17.1. The van der Waals surface area contributed by atoms with Gasteiger partial charge in [-0.2, -0.15) is 0 Å². The highest BCUT2D eigenvalue weighted by Gasteiger charge is 2.25. The summed E-state index contributed by atoms with van der Waals surface area (Å²) in [5.41, 5.74) is 1.28. The fourth-order valence-electron chi connectivity index (χ4n) is 2.72. The number of carbonyl (C=O) groups excluding carboxylic acids is 2. The molecule has 1 aliphatic heterocycles. The molecule has 156 valence electrons. The summed E-state index contributed by atoms with van der Waals surface area (Å²) in [6, 6.07) is 10.3. The van der Waals surface area contributed by atoms with Crippen molar-refractivity contribution in [3.05, 3.63) is 53.2 Å². The van der Waals surface area contributed by atoms with Crippen LogP contribution in [0.3, 0.4) is 0 Å². The molecule has 30 heavy (non-hydrogen) atoms. The first-order valence-electron chi connectivity index (χ1n) is 9.12. The summed E-state index contributed by atoms with van der Waals surface area (Å²) in [5, 5.41) is 0. The number of hydrogen-bond acceptors (Lipinski definition) is 8. The number of aliphatic imine (C=N–C) groups is 1. The molecule has 0 amide bonds. The van der Waals surface area contributed by atoms with Crippen molar-refractivity contribution in [1.29, 1.82) is 0 Å². The molecule has 2 aromatic carbocycles. The van der Waals surface area contributed by atoms with E-state index in [1.807, 2.05) is 0 Å². The van der Waals surface area contributed by atoms with Gasteiger partial charge in [-0.25, -0.2) is 9.79 Å². The third-order valence-corrected chi connectivity index (χ3v) is 4.23. The molecule has 1 aliphatic rings. The second-order valence-corrected chi connectivity index (χ2v) is 6.15. The zero-order valence-corrected chi connectivity index (χ0v) is 17.1. The molecule has 0 fully saturated rings. The van der Waals surface area contributed by atoms with Crippen LogP contribution in [0.1, 0.15) is 24.5 Å². The van der Waals surface area contributed by atoms with Crippen molar-refractivity contribution in [2.24, 2.45) is 4.99 Å². The summed E-state index contributed by atoms with van der Waals surface area (Å²) in [7, 11) is 4.44. The van der Waals surface area contributed by atoms with Gasteiger partial charge in [-0.05, 0) is 42.0 Å². The van der Waals surface area contributed by atoms with Crippen LogP contribution >= 0.6 is 0 Å². The lowest BCUT2D eigenvalue weighted by Gasteiger charge is -2.13. The molecule has 1 heterocycles. The SMILES string of the molecule is CCC(=O)Oc1c(OC)cc(/C=C2/N=C(c3cccc(OC)c3)OC2=O)cc1OC. The fraction of sp³-hybridized carbons (Fsp3) is 0.227. The second kappa shape index (κ2) is 9.13. The largest absolute Gasteiger partial charge is 0.497 e. The van der Waals surface area contributed by atoms with Gasteiger partial charge in [0.1, 0.15) is 5.75 Å². The number of nitrogens with zero attached hydrogens (tertiary/aromatic N) is 1. The van der Waals surface area contributed by atoms with E-state index in [2.05, 4.69) is 4.99 Å². The highest BCUT2D eigenvalue weighted by atomic mass is 16.6. The Hall–Kier alpha value is -3.81. The highest BCUT2D eigenvalue weighted by molar-refractivity contribution is 6.13. The molecule has 0 atom stereocenters. The number of carbonyl (C=O) groups is 2. The maximum Gasteiger partial charge on any atom is 0.363 e. The number of rotatable bonds is 7. The van der Waals surface area contributed by atoms with E-state index in [0.717, 1.165) is 0 Å². The van der Waals surface area contributed by atoms with Crippen molar-refractivity contribution in [2.45, 2.75) is 13.3 Å². The third-order valence-electron chi connectivity index (χ3n) is 4.23. The second-order valence-electron chi connectivity index (χ2n) is 6.15. The summed E-state index contributed by atoms with van der Waals surface area (Å²) in [6.45, 7) is 1.68. The van der Waals surface area contributed by atoms with Gasteiger partial charge in [0.25, 0.3) is 0 Å². The van der Waals surface area contributed by atoms with Gasteiger partial charge >= 0.3 is 11.9 Å². The Labute approximate surface area is 173 Å².